The molecule has 1 aromatic heterocycles. The molecule has 0 bridgehead atoms. The van der Waals surface area contributed by atoms with Crippen molar-refractivity contribution in [2.24, 2.45) is 0 Å². The zero-order valence-corrected chi connectivity index (χ0v) is 13.8. The molecule has 0 spiro atoms. The van der Waals surface area contributed by atoms with E-state index in [2.05, 4.69) is 14.7 Å². The number of hydrogen-bond acceptors (Lipinski definition) is 6. The summed E-state index contributed by atoms with van der Waals surface area (Å²) in [6, 6.07) is 9.34. The van der Waals surface area contributed by atoms with E-state index in [0.29, 0.717) is 13.0 Å². The minimum atomic E-state index is -3.99. The van der Waals surface area contributed by atoms with E-state index in [4.69, 9.17) is 0 Å². The fraction of sp³-hybridized carbons (Fsp3) is 0.312. The molecular formula is C16H18N4O3S. The molecule has 24 heavy (non-hydrogen) atoms. The van der Waals surface area contributed by atoms with E-state index in [1.54, 1.807) is 0 Å². The van der Waals surface area contributed by atoms with Crippen LogP contribution >= 0.6 is 0 Å². The van der Waals surface area contributed by atoms with Gasteiger partial charge in [-0.2, -0.15) is 8.42 Å². The van der Waals surface area contributed by atoms with Gasteiger partial charge in [0.05, 0.1) is 12.2 Å². The Hall–Kier alpha value is -2.32. The molecule has 1 aliphatic heterocycles. The normalized spacial score (nSPS) is 18.4. The van der Waals surface area contributed by atoms with Gasteiger partial charge in [0.25, 0.3) is 15.9 Å². The van der Waals surface area contributed by atoms with Crippen LogP contribution < -0.4 is 4.72 Å². The van der Waals surface area contributed by atoms with Gasteiger partial charge in [-0.05, 0) is 24.9 Å². The molecule has 1 amide bonds. The van der Waals surface area contributed by atoms with Gasteiger partial charge in [-0.3, -0.25) is 14.7 Å². The third-order valence-corrected chi connectivity index (χ3v) is 5.18. The predicted octanol–water partition coefficient (Wildman–Crippen LogP) is 0.946. The Morgan fingerprint density at radius 2 is 2.04 bits per heavy atom. The number of aromatic nitrogens is 2. The molecule has 1 atom stereocenters. The Morgan fingerprint density at radius 1 is 1.25 bits per heavy atom. The molecule has 1 N–H and O–H groups in total. The second kappa shape index (κ2) is 7.06. The van der Waals surface area contributed by atoms with Crippen molar-refractivity contribution < 1.29 is 13.2 Å². The van der Waals surface area contributed by atoms with Crippen molar-refractivity contribution in [3.63, 3.8) is 0 Å². The monoisotopic (exact) mass is 346 g/mol. The largest absolute Gasteiger partial charge is 0.288 e. The summed E-state index contributed by atoms with van der Waals surface area (Å²) in [5.74, 6) is -0.519. The molecule has 0 radical (unpaired) electrons. The summed E-state index contributed by atoms with van der Waals surface area (Å²) in [4.78, 5) is 21.9. The molecule has 126 valence electrons. The number of nitrogens with one attached hydrogen (secondary N) is 1. The SMILES string of the molecule is O=C(NS(=O)(=O)c1cnccn1)[C@H]1CCCN1Cc1ccccc1. The van der Waals surface area contributed by atoms with E-state index >= 15 is 0 Å². The van der Waals surface area contributed by atoms with Crippen molar-refractivity contribution in [3.05, 3.63) is 54.5 Å². The number of sulfonamides is 1. The van der Waals surface area contributed by atoms with Gasteiger partial charge in [0.2, 0.25) is 0 Å². The molecule has 0 unspecified atom stereocenters. The van der Waals surface area contributed by atoms with Crippen LogP contribution in [0, 0.1) is 0 Å². The Morgan fingerprint density at radius 3 is 2.75 bits per heavy atom. The first-order valence-corrected chi connectivity index (χ1v) is 9.15. The zero-order valence-electron chi connectivity index (χ0n) is 13.0. The number of carbonyl (C=O) groups excluding carboxylic acids is 1. The molecule has 8 heteroatoms. The number of likely N-dealkylation sites (tertiary alicyclic amines) is 1. The first kappa shape index (κ1) is 16.5. The molecule has 1 aliphatic rings. The van der Waals surface area contributed by atoms with Gasteiger partial charge in [0.1, 0.15) is 0 Å². The Labute approximate surface area is 140 Å². The molecule has 0 aliphatic carbocycles. The second-order valence-corrected chi connectivity index (χ2v) is 7.26. The lowest BCUT2D eigenvalue weighted by Gasteiger charge is -2.23. The third-order valence-electron chi connectivity index (χ3n) is 3.94. The van der Waals surface area contributed by atoms with Gasteiger partial charge in [-0.15, -0.1) is 0 Å². The summed E-state index contributed by atoms with van der Waals surface area (Å²) in [6.07, 6.45) is 5.26. The van der Waals surface area contributed by atoms with Crippen LogP contribution in [-0.2, 0) is 21.4 Å². The fourth-order valence-corrected chi connectivity index (χ4v) is 3.71. The Kier molecular flexibility index (Phi) is 4.86. The van der Waals surface area contributed by atoms with Gasteiger partial charge in [-0.1, -0.05) is 30.3 Å². The number of amides is 1. The molecule has 3 rings (SSSR count). The summed E-state index contributed by atoms with van der Waals surface area (Å²) in [5.41, 5.74) is 1.09. The maximum atomic E-state index is 12.5. The number of carbonyl (C=O) groups is 1. The maximum Gasteiger partial charge on any atom is 0.283 e. The fourth-order valence-electron chi connectivity index (χ4n) is 2.81. The van der Waals surface area contributed by atoms with Crippen LogP contribution in [-0.4, -0.2) is 41.8 Å². The van der Waals surface area contributed by atoms with Gasteiger partial charge in [-0.25, -0.2) is 9.71 Å². The lowest BCUT2D eigenvalue weighted by atomic mass is 10.2. The molecule has 7 nitrogen and oxygen atoms in total. The lowest BCUT2D eigenvalue weighted by molar-refractivity contribution is -0.123. The molecule has 2 aromatic rings. The summed E-state index contributed by atoms with van der Waals surface area (Å²) < 4.78 is 26.5. The maximum absolute atomic E-state index is 12.5. The summed E-state index contributed by atoms with van der Waals surface area (Å²) in [7, 11) is -3.99. The third kappa shape index (κ3) is 3.77. The van der Waals surface area contributed by atoms with E-state index in [-0.39, 0.29) is 5.03 Å². The topological polar surface area (TPSA) is 92.3 Å². The van der Waals surface area contributed by atoms with Crippen molar-refractivity contribution in [1.82, 2.24) is 19.6 Å². The summed E-state index contributed by atoms with van der Waals surface area (Å²) in [5, 5.41) is -0.258. The van der Waals surface area contributed by atoms with Gasteiger partial charge >= 0.3 is 0 Å². The minimum absolute atomic E-state index is 0.258. The van der Waals surface area contributed by atoms with Gasteiger partial charge in [0.15, 0.2) is 5.03 Å². The van der Waals surface area contributed by atoms with Crippen molar-refractivity contribution in [2.75, 3.05) is 6.54 Å². The zero-order chi connectivity index (χ0) is 17.0. The standard InChI is InChI=1S/C16H18N4O3S/c21-16(19-24(22,23)15-11-17-8-9-18-15)14-7-4-10-20(14)12-13-5-2-1-3-6-13/h1-3,5-6,8-9,11,14H,4,7,10,12H2,(H,19,21)/t14-/m1/s1. The van der Waals surface area contributed by atoms with E-state index in [0.717, 1.165) is 24.7 Å². The van der Waals surface area contributed by atoms with Crippen molar-refractivity contribution in [3.8, 4) is 0 Å². The minimum Gasteiger partial charge on any atom is -0.288 e. The van der Waals surface area contributed by atoms with Crippen LogP contribution in [0.15, 0.2) is 53.9 Å². The highest BCUT2D eigenvalue weighted by Gasteiger charge is 2.33. The van der Waals surface area contributed by atoms with Crippen molar-refractivity contribution >= 4 is 15.9 Å². The Balaban J connectivity index is 1.70. The van der Waals surface area contributed by atoms with Crippen molar-refractivity contribution in [1.29, 1.82) is 0 Å². The van der Waals surface area contributed by atoms with E-state index in [9.17, 15) is 13.2 Å². The molecule has 0 saturated carbocycles. The molecule has 2 heterocycles. The van der Waals surface area contributed by atoms with E-state index in [1.807, 2.05) is 35.2 Å². The Bertz CT molecular complexity index is 797. The van der Waals surface area contributed by atoms with Crippen LogP contribution in [0.3, 0.4) is 0 Å². The van der Waals surface area contributed by atoms with E-state index in [1.165, 1.54) is 12.4 Å². The highest BCUT2D eigenvalue weighted by atomic mass is 32.2. The van der Waals surface area contributed by atoms with Crippen LogP contribution in [0.2, 0.25) is 0 Å². The first-order chi connectivity index (χ1) is 11.6. The van der Waals surface area contributed by atoms with Crippen LogP contribution in [0.1, 0.15) is 18.4 Å². The number of rotatable bonds is 5. The highest BCUT2D eigenvalue weighted by Crippen LogP contribution is 2.20. The predicted molar refractivity (Wildman–Crippen MR) is 87.2 cm³/mol. The average molecular weight is 346 g/mol. The van der Waals surface area contributed by atoms with Crippen LogP contribution in [0.5, 0.6) is 0 Å². The second-order valence-electron chi connectivity index (χ2n) is 5.63. The lowest BCUT2D eigenvalue weighted by Crippen LogP contribution is -2.45. The number of nitrogens with zero attached hydrogens (tertiary/aromatic N) is 3. The summed E-state index contributed by atoms with van der Waals surface area (Å²) in [6.45, 7) is 1.38. The van der Waals surface area contributed by atoms with Crippen LogP contribution in [0.25, 0.3) is 0 Å². The van der Waals surface area contributed by atoms with Crippen molar-refractivity contribution in [2.45, 2.75) is 30.5 Å². The average Bonchev–Trinajstić information content (AvgIpc) is 3.04. The molecular weight excluding hydrogens is 328 g/mol. The molecule has 1 aromatic carbocycles. The summed E-state index contributed by atoms with van der Waals surface area (Å²) >= 11 is 0. The smallest absolute Gasteiger partial charge is 0.283 e. The van der Waals surface area contributed by atoms with Gasteiger partial charge in [0, 0.05) is 18.9 Å². The molecule has 1 saturated heterocycles. The highest BCUT2D eigenvalue weighted by molar-refractivity contribution is 7.90. The van der Waals surface area contributed by atoms with Gasteiger partial charge < -0.3 is 0 Å². The molecule has 1 fully saturated rings. The van der Waals surface area contributed by atoms with Crippen LogP contribution in [0.4, 0.5) is 0 Å². The quantitative estimate of drug-likeness (QED) is 0.866. The number of hydrogen-bond donors (Lipinski definition) is 1. The first-order valence-electron chi connectivity index (χ1n) is 7.67. The van der Waals surface area contributed by atoms with E-state index < -0.39 is 22.0 Å². The number of benzene rings is 1.